The van der Waals surface area contributed by atoms with Crippen molar-refractivity contribution in [3.8, 4) is 5.82 Å². The average Bonchev–Trinajstić information content (AvgIpc) is 3.26. The number of likely N-dealkylation sites (tertiary alicyclic amines) is 1. The van der Waals surface area contributed by atoms with Crippen LogP contribution in [0.1, 0.15) is 19.3 Å². The number of nitrogens with zero attached hydrogens (tertiary/aromatic N) is 6. The van der Waals surface area contributed by atoms with E-state index in [4.69, 9.17) is 4.98 Å². The third-order valence-electron chi connectivity index (χ3n) is 4.49. The van der Waals surface area contributed by atoms with E-state index in [-0.39, 0.29) is 0 Å². The van der Waals surface area contributed by atoms with Gasteiger partial charge in [-0.15, -0.1) is 0 Å². The van der Waals surface area contributed by atoms with Crippen LogP contribution in [0.4, 0.5) is 5.82 Å². The van der Waals surface area contributed by atoms with Crippen LogP contribution in [-0.4, -0.2) is 56.9 Å². The molecule has 0 aliphatic carbocycles. The van der Waals surface area contributed by atoms with Gasteiger partial charge in [0, 0.05) is 31.5 Å². The molecule has 1 atom stereocenters. The van der Waals surface area contributed by atoms with E-state index in [0.29, 0.717) is 6.04 Å². The van der Waals surface area contributed by atoms with E-state index in [1.165, 1.54) is 32.4 Å². The van der Waals surface area contributed by atoms with Crippen LogP contribution in [0.2, 0.25) is 0 Å². The van der Waals surface area contributed by atoms with E-state index >= 15 is 0 Å². The van der Waals surface area contributed by atoms with Crippen molar-refractivity contribution in [3.05, 3.63) is 30.9 Å². The molecule has 2 aromatic heterocycles. The van der Waals surface area contributed by atoms with Crippen molar-refractivity contribution in [1.82, 2.24) is 24.6 Å². The molecular formula is C15H20N6. The maximum Gasteiger partial charge on any atom is 0.173 e. The molecule has 2 aliphatic heterocycles. The lowest BCUT2D eigenvalue weighted by atomic mass is 10.2. The van der Waals surface area contributed by atoms with Crippen LogP contribution in [0, 0.1) is 0 Å². The van der Waals surface area contributed by atoms with E-state index in [0.717, 1.165) is 24.7 Å². The van der Waals surface area contributed by atoms with Crippen LogP contribution >= 0.6 is 0 Å². The summed E-state index contributed by atoms with van der Waals surface area (Å²) in [6.07, 6.45) is 11.2. The molecule has 110 valence electrons. The summed E-state index contributed by atoms with van der Waals surface area (Å²) in [4.78, 5) is 14.0. The monoisotopic (exact) mass is 284 g/mol. The third kappa shape index (κ3) is 2.51. The summed E-state index contributed by atoms with van der Waals surface area (Å²) in [5.74, 6) is 1.74. The van der Waals surface area contributed by atoms with Crippen molar-refractivity contribution < 1.29 is 0 Å². The molecule has 0 N–H and O–H groups in total. The van der Waals surface area contributed by atoms with Gasteiger partial charge in [0.05, 0.1) is 12.4 Å². The molecule has 0 bridgehead atoms. The molecule has 0 amide bonds. The van der Waals surface area contributed by atoms with Crippen LogP contribution in [0.5, 0.6) is 0 Å². The largest absolute Gasteiger partial charge is 0.354 e. The molecular weight excluding hydrogens is 264 g/mol. The first-order chi connectivity index (χ1) is 10.4. The van der Waals surface area contributed by atoms with Gasteiger partial charge in [-0.05, 0) is 38.4 Å². The molecule has 21 heavy (non-hydrogen) atoms. The van der Waals surface area contributed by atoms with Gasteiger partial charge in [0.2, 0.25) is 0 Å². The molecule has 0 saturated carbocycles. The standard InChI is InChI=1S/C15H20N6/c1-2-7-19(6-1)13-4-9-20(12-13)14-10-16-11-15(18-14)21-8-3-5-17-21/h3,5,8,10-11,13H,1-2,4,6-7,9,12H2. The molecule has 0 spiro atoms. The second-order valence-electron chi connectivity index (χ2n) is 5.82. The fourth-order valence-corrected chi connectivity index (χ4v) is 3.37. The Hall–Kier alpha value is -1.95. The van der Waals surface area contributed by atoms with Gasteiger partial charge in [0.1, 0.15) is 5.82 Å². The highest BCUT2D eigenvalue weighted by Crippen LogP contribution is 2.24. The van der Waals surface area contributed by atoms with Crippen molar-refractivity contribution >= 4 is 5.82 Å². The van der Waals surface area contributed by atoms with Gasteiger partial charge < -0.3 is 4.90 Å². The number of aromatic nitrogens is 4. The Morgan fingerprint density at radius 2 is 1.90 bits per heavy atom. The lowest BCUT2D eigenvalue weighted by Gasteiger charge is -2.24. The highest BCUT2D eigenvalue weighted by Gasteiger charge is 2.30. The average molecular weight is 284 g/mol. The van der Waals surface area contributed by atoms with Gasteiger partial charge in [-0.25, -0.2) is 9.67 Å². The predicted octanol–water partition coefficient (Wildman–Crippen LogP) is 1.34. The van der Waals surface area contributed by atoms with Gasteiger partial charge in [0.25, 0.3) is 0 Å². The molecule has 4 heterocycles. The highest BCUT2D eigenvalue weighted by molar-refractivity contribution is 5.40. The number of hydrogen-bond donors (Lipinski definition) is 0. The minimum absolute atomic E-state index is 0.683. The van der Waals surface area contributed by atoms with Crippen molar-refractivity contribution in [2.45, 2.75) is 25.3 Å². The highest BCUT2D eigenvalue weighted by atomic mass is 15.3. The fourth-order valence-electron chi connectivity index (χ4n) is 3.37. The molecule has 2 saturated heterocycles. The number of rotatable bonds is 3. The Kier molecular flexibility index (Phi) is 3.31. The molecule has 4 rings (SSSR count). The third-order valence-corrected chi connectivity index (χ3v) is 4.49. The lowest BCUT2D eigenvalue weighted by Crippen LogP contribution is -2.35. The summed E-state index contributed by atoms with van der Waals surface area (Å²) in [5, 5.41) is 4.22. The van der Waals surface area contributed by atoms with Crippen LogP contribution < -0.4 is 4.90 Å². The Balaban J connectivity index is 1.50. The second kappa shape index (κ2) is 5.44. The van der Waals surface area contributed by atoms with Crippen molar-refractivity contribution in [1.29, 1.82) is 0 Å². The van der Waals surface area contributed by atoms with Crippen molar-refractivity contribution in [3.63, 3.8) is 0 Å². The van der Waals surface area contributed by atoms with Gasteiger partial charge >= 0.3 is 0 Å². The van der Waals surface area contributed by atoms with Gasteiger partial charge in [-0.3, -0.25) is 9.88 Å². The first-order valence-electron chi connectivity index (χ1n) is 7.71. The summed E-state index contributed by atoms with van der Waals surface area (Å²) in [6, 6.07) is 2.58. The van der Waals surface area contributed by atoms with E-state index in [9.17, 15) is 0 Å². The molecule has 0 aromatic carbocycles. The van der Waals surface area contributed by atoms with Gasteiger partial charge in [0.15, 0.2) is 5.82 Å². The quantitative estimate of drug-likeness (QED) is 0.851. The number of hydrogen-bond acceptors (Lipinski definition) is 5. The Morgan fingerprint density at radius 1 is 1.05 bits per heavy atom. The summed E-state index contributed by atoms with van der Waals surface area (Å²) in [6.45, 7) is 4.66. The summed E-state index contributed by atoms with van der Waals surface area (Å²) < 4.78 is 1.75. The zero-order chi connectivity index (χ0) is 14.1. The van der Waals surface area contributed by atoms with Crippen LogP contribution in [0.25, 0.3) is 5.82 Å². The van der Waals surface area contributed by atoms with E-state index in [1.807, 2.05) is 18.5 Å². The van der Waals surface area contributed by atoms with Gasteiger partial charge in [-0.2, -0.15) is 5.10 Å². The molecule has 0 radical (unpaired) electrons. The van der Waals surface area contributed by atoms with Gasteiger partial charge in [-0.1, -0.05) is 0 Å². The molecule has 6 nitrogen and oxygen atoms in total. The normalized spacial score (nSPS) is 23.0. The Morgan fingerprint density at radius 3 is 2.71 bits per heavy atom. The van der Waals surface area contributed by atoms with Crippen molar-refractivity contribution in [2.75, 3.05) is 31.1 Å². The second-order valence-corrected chi connectivity index (χ2v) is 5.82. The van der Waals surface area contributed by atoms with E-state index < -0.39 is 0 Å². The summed E-state index contributed by atoms with van der Waals surface area (Å²) in [5.41, 5.74) is 0. The minimum Gasteiger partial charge on any atom is -0.354 e. The Labute approximate surface area is 124 Å². The van der Waals surface area contributed by atoms with E-state index in [1.54, 1.807) is 17.1 Å². The zero-order valence-electron chi connectivity index (χ0n) is 12.1. The van der Waals surface area contributed by atoms with Crippen LogP contribution in [0.15, 0.2) is 30.9 Å². The maximum absolute atomic E-state index is 4.70. The molecule has 2 aliphatic rings. The summed E-state index contributed by atoms with van der Waals surface area (Å²) in [7, 11) is 0. The topological polar surface area (TPSA) is 50.1 Å². The predicted molar refractivity (Wildman–Crippen MR) is 80.6 cm³/mol. The molecule has 1 unspecified atom stereocenters. The minimum atomic E-state index is 0.683. The molecule has 2 fully saturated rings. The van der Waals surface area contributed by atoms with Crippen LogP contribution in [-0.2, 0) is 0 Å². The molecule has 2 aromatic rings. The van der Waals surface area contributed by atoms with Crippen molar-refractivity contribution in [2.24, 2.45) is 0 Å². The first-order valence-corrected chi connectivity index (χ1v) is 7.71. The SMILES string of the molecule is c1cnn(-c2cncc(N3CCC(N4CCCC4)C3)n2)c1. The lowest BCUT2D eigenvalue weighted by molar-refractivity contribution is 0.260. The smallest absolute Gasteiger partial charge is 0.173 e. The molecule has 6 heteroatoms. The number of anilines is 1. The zero-order valence-corrected chi connectivity index (χ0v) is 12.1. The van der Waals surface area contributed by atoms with E-state index in [2.05, 4.69) is 19.9 Å². The fraction of sp³-hybridized carbons (Fsp3) is 0.533. The Bertz CT molecular complexity index is 590. The summed E-state index contributed by atoms with van der Waals surface area (Å²) >= 11 is 0. The van der Waals surface area contributed by atoms with Crippen LogP contribution in [0.3, 0.4) is 0 Å². The maximum atomic E-state index is 4.70. The first kappa shape index (κ1) is 12.8.